The van der Waals surface area contributed by atoms with Gasteiger partial charge < -0.3 is 5.11 Å². The van der Waals surface area contributed by atoms with Crippen LogP contribution >= 0.6 is 11.6 Å². The highest BCUT2D eigenvalue weighted by Crippen LogP contribution is 2.18. The molecule has 1 aromatic rings. The van der Waals surface area contributed by atoms with Crippen LogP contribution in [0.3, 0.4) is 0 Å². The first-order valence-corrected chi connectivity index (χ1v) is 7.95. The molecule has 0 saturated carbocycles. The molecule has 5 nitrogen and oxygen atoms in total. The van der Waals surface area contributed by atoms with Crippen LogP contribution in [0, 0.1) is 6.92 Å². The number of aromatic carboxylic acids is 1. The molecule has 1 rings (SSSR count). The van der Waals surface area contributed by atoms with Crippen molar-refractivity contribution in [3.05, 3.63) is 29.3 Å². The second kappa shape index (κ2) is 6.77. The molecule has 0 bridgehead atoms. The minimum atomic E-state index is -3.42. The topological polar surface area (TPSA) is 83.5 Å². The van der Waals surface area contributed by atoms with Crippen molar-refractivity contribution in [2.24, 2.45) is 0 Å². The Kier molecular flexibility index (Phi) is 5.62. The third-order valence-corrected chi connectivity index (χ3v) is 4.16. The average molecular weight is 306 g/mol. The van der Waals surface area contributed by atoms with E-state index in [1.165, 1.54) is 18.2 Å². The summed E-state index contributed by atoms with van der Waals surface area (Å²) >= 11 is 5.49. The van der Waals surface area contributed by atoms with Gasteiger partial charge in [-0.2, -0.15) is 0 Å². The number of hydrogen-bond donors (Lipinski definition) is 2. The lowest BCUT2D eigenvalue weighted by atomic mass is 10.1. The molecule has 0 aliphatic carbocycles. The summed E-state index contributed by atoms with van der Waals surface area (Å²) in [7, 11) is -3.42. The molecule has 19 heavy (non-hydrogen) atoms. The van der Waals surface area contributed by atoms with Crippen molar-refractivity contribution in [3.8, 4) is 0 Å². The Morgan fingerprint density at radius 3 is 2.58 bits per heavy atom. The zero-order chi connectivity index (χ0) is 14.5. The first-order chi connectivity index (χ1) is 8.85. The molecular weight excluding hydrogens is 290 g/mol. The van der Waals surface area contributed by atoms with Crippen LogP contribution < -0.4 is 4.72 Å². The molecule has 0 aliphatic heterocycles. The third-order valence-electron chi connectivity index (χ3n) is 2.54. The Hall–Kier alpha value is -1.27. The molecule has 106 valence electrons. The number of unbranched alkanes of at least 4 members (excludes halogenated alkanes) is 1. The van der Waals surface area contributed by atoms with Crippen molar-refractivity contribution in [2.45, 2.75) is 19.8 Å². The molecule has 0 aromatic heterocycles. The van der Waals surface area contributed by atoms with Gasteiger partial charge in [0.2, 0.25) is 10.0 Å². The van der Waals surface area contributed by atoms with E-state index in [2.05, 4.69) is 4.72 Å². The molecule has 2 N–H and O–H groups in total. The minimum absolute atomic E-state index is 0.000157. The zero-order valence-electron chi connectivity index (χ0n) is 10.5. The van der Waals surface area contributed by atoms with Crippen LogP contribution in [0.15, 0.2) is 18.2 Å². The molecule has 0 saturated heterocycles. The van der Waals surface area contributed by atoms with Gasteiger partial charge in [-0.05, 0) is 43.5 Å². The minimum Gasteiger partial charge on any atom is -0.478 e. The van der Waals surface area contributed by atoms with E-state index in [0.29, 0.717) is 30.0 Å². The van der Waals surface area contributed by atoms with Crippen LogP contribution in [0.4, 0.5) is 5.69 Å². The highest BCUT2D eigenvalue weighted by atomic mass is 35.5. The summed E-state index contributed by atoms with van der Waals surface area (Å²) in [6.45, 7) is 1.66. The van der Waals surface area contributed by atoms with Gasteiger partial charge in [0, 0.05) is 5.88 Å². The molecule has 0 heterocycles. The lowest BCUT2D eigenvalue weighted by molar-refractivity contribution is 0.0697. The fraction of sp³-hybridized carbons (Fsp3) is 0.417. The van der Waals surface area contributed by atoms with Gasteiger partial charge >= 0.3 is 5.97 Å². The van der Waals surface area contributed by atoms with Gasteiger partial charge in [-0.3, -0.25) is 4.72 Å². The molecule has 1 aromatic carbocycles. The highest BCUT2D eigenvalue weighted by molar-refractivity contribution is 7.92. The smallest absolute Gasteiger partial charge is 0.335 e. The molecule has 0 fully saturated rings. The van der Waals surface area contributed by atoms with Crippen molar-refractivity contribution in [1.82, 2.24) is 0 Å². The molecule has 7 heteroatoms. The second-order valence-electron chi connectivity index (χ2n) is 4.15. The van der Waals surface area contributed by atoms with E-state index < -0.39 is 16.0 Å². The quantitative estimate of drug-likeness (QED) is 0.598. The van der Waals surface area contributed by atoms with Gasteiger partial charge in [0.25, 0.3) is 0 Å². The Morgan fingerprint density at radius 2 is 2.05 bits per heavy atom. The van der Waals surface area contributed by atoms with Crippen molar-refractivity contribution in [3.63, 3.8) is 0 Å². The van der Waals surface area contributed by atoms with E-state index in [1.54, 1.807) is 6.92 Å². The summed E-state index contributed by atoms with van der Waals surface area (Å²) in [5.41, 5.74) is 1.10. The summed E-state index contributed by atoms with van der Waals surface area (Å²) in [5, 5.41) is 8.82. The van der Waals surface area contributed by atoms with Crippen LogP contribution in [-0.4, -0.2) is 31.1 Å². The fourth-order valence-electron chi connectivity index (χ4n) is 1.52. The standard InChI is InChI=1S/C12H16ClNO4S/c1-9-8-10(12(15)16)4-5-11(9)14-19(17,18)7-3-2-6-13/h4-5,8,14H,2-3,6-7H2,1H3,(H,15,16). The predicted octanol–water partition coefficient (Wildman–Crippen LogP) is 2.45. The Labute approximate surface area is 117 Å². The number of carbonyl (C=O) groups is 1. The highest BCUT2D eigenvalue weighted by Gasteiger charge is 2.12. The molecule has 0 spiro atoms. The van der Waals surface area contributed by atoms with Gasteiger partial charge in [-0.25, -0.2) is 13.2 Å². The Bertz CT molecular complexity index is 557. The summed E-state index contributed by atoms with van der Waals surface area (Å²) in [6, 6.07) is 4.25. The van der Waals surface area contributed by atoms with Crippen LogP contribution in [-0.2, 0) is 10.0 Å². The first kappa shape index (κ1) is 15.8. The van der Waals surface area contributed by atoms with Crippen LogP contribution in [0.1, 0.15) is 28.8 Å². The van der Waals surface area contributed by atoms with Crippen molar-refractivity contribution >= 4 is 33.3 Å². The normalized spacial score (nSPS) is 11.3. The van der Waals surface area contributed by atoms with Crippen LogP contribution in [0.5, 0.6) is 0 Å². The number of alkyl halides is 1. The summed E-state index contributed by atoms with van der Waals surface area (Å²) in [5.74, 6) is -0.610. The van der Waals surface area contributed by atoms with E-state index in [9.17, 15) is 13.2 Å². The molecular formula is C12H16ClNO4S. The maximum absolute atomic E-state index is 11.8. The summed E-state index contributed by atoms with van der Waals surface area (Å²) in [4.78, 5) is 10.8. The van der Waals surface area contributed by atoms with Gasteiger partial charge in [-0.15, -0.1) is 11.6 Å². The van der Waals surface area contributed by atoms with E-state index in [0.717, 1.165) is 0 Å². The SMILES string of the molecule is Cc1cc(C(=O)O)ccc1NS(=O)(=O)CCCCCl. The average Bonchev–Trinajstić information content (AvgIpc) is 2.31. The van der Waals surface area contributed by atoms with E-state index in [1.807, 2.05) is 0 Å². The molecule has 0 aliphatic rings. The number of hydrogen-bond acceptors (Lipinski definition) is 3. The van der Waals surface area contributed by atoms with E-state index in [-0.39, 0.29) is 11.3 Å². The number of sulfonamides is 1. The van der Waals surface area contributed by atoms with E-state index >= 15 is 0 Å². The number of benzene rings is 1. The number of aryl methyl sites for hydroxylation is 1. The number of halogens is 1. The van der Waals surface area contributed by atoms with Gasteiger partial charge in [0.15, 0.2) is 0 Å². The van der Waals surface area contributed by atoms with Crippen molar-refractivity contribution in [1.29, 1.82) is 0 Å². The van der Waals surface area contributed by atoms with Gasteiger partial charge in [0.1, 0.15) is 0 Å². The maximum Gasteiger partial charge on any atom is 0.335 e. The Morgan fingerprint density at radius 1 is 1.37 bits per heavy atom. The molecule has 0 radical (unpaired) electrons. The Balaban J connectivity index is 2.79. The lowest BCUT2D eigenvalue weighted by Gasteiger charge is -2.10. The maximum atomic E-state index is 11.8. The monoisotopic (exact) mass is 305 g/mol. The largest absolute Gasteiger partial charge is 0.478 e. The third kappa shape index (κ3) is 5.08. The lowest BCUT2D eigenvalue weighted by Crippen LogP contribution is -2.17. The number of carboxylic acids is 1. The second-order valence-corrected chi connectivity index (χ2v) is 6.37. The predicted molar refractivity (Wildman–Crippen MR) is 75.5 cm³/mol. The summed E-state index contributed by atoms with van der Waals surface area (Å²) in [6.07, 6.45) is 1.13. The summed E-state index contributed by atoms with van der Waals surface area (Å²) < 4.78 is 26.0. The number of nitrogens with one attached hydrogen (secondary N) is 1. The van der Waals surface area contributed by atoms with Gasteiger partial charge in [-0.1, -0.05) is 0 Å². The fourth-order valence-corrected chi connectivity index (χ4v) is 2.96. The number of carboxylic acid groups (broad SMARTS) is 1. The van der Waals surface area contributed by atoms with Crippen molar-refractivity contribution < 1.29 is 18.3 Å². The zero-order valence-corrected chi connectivity index (χ0v) is 12.1. The van der Waals surface area contributed by atoms with Gasteiger partial charge in [0.05, 0.1) is 17.0 Å². The van der Waals surface area contributed by atoms with E-state index in [4.69, 9.17) is 16.7 Å². The molecule has 0 unspecified atom stereocenters. The van der Waals surface area contributed by atoms with Crippen LogP contribution in [0.2, 0.25) is 0 Å². The number of anilines is 1. The van der Waals surface area contributed by atoms with Crippen molar-refractivity contribution in [2.75, 3.05) is 16.4 Å². The van der Waals surface area contributed by atoms with Crippen LogP contribution in [0.25, 0.3) is 0 Å². The molecule has 0 amide bonds. The molecule has 0 atom stereocenters. The first-order valence-electron chi connectivity index (χ1n) is 5.76. The number of rotatable bonds is 7.